The van der Waals surface area contributed by atoms with E-state index < -0.39 is 0 Å². The Hall–Kier alpha value is -0.810. The number of nitrogens with two attached hydrogens (primary N) is 1. The molecule has 0 aromatic heterocycles. The molecule has 0 radical (unpaired) electrons. The minimum atomic E-state index is -0.293. The zero-order valence-electron chi connectivity index (χ0n) is 9.47. The molecule has 1 rings (SSSR count). The van der Waals surface area contributed by atoms with E-state index in [1.54, 1.807) is 0 Å². The molecule has 16 heavy (non-hydrogen) atoms. The van der Waals surface area contributed by atoms with Crippen LogP contribution >= 0.6 is 12.4 Å². The first-order chi connectivity index (χ1) is 7.08. The molecule has 0 amide bonds. The van der Waals surface area contributed by atoms with Crippen LogP contribution in [0.4, 0.5) is 0 Å². The van der Waals surface area contributed by atoms with Crippen LogP contribution in [0.1, 0.15) is 19.3 Å². The molecule has 1 fully saturated rings. The van der Waals surface area contributed by atoms with Crippen molar-refractivity contribution in [3.05, 3.63) is 0 Å². The number of ether oxygens (including phenoxy) is 2. The summed E-state index contributed by atoms with van der Waals surface area (Å²) >= 11 is 0. The summed E-state index contributed by atoms with van der Waals surface area (Å²) in [5, 5.41) is 0. The Bertz CT molecular complexity index is 235. The van der Waals surface area contributed by atoms with Gasteiger partial charge in [-0.25, -0.2) is 0 Å². The zero-order chi connectivity index (χ0) is 11.4. The average Bonchev–Trinajstić information content (AvgIpc) is 2.26. The van der Waals surface area contributed by atoms with E-state index >= 15 is 0 Å². The largest absolute Gasteiger partial charge is 0.469 e. The second kappa shape index (κ2) is 6.70. The molecule has 94 valence electrons. The first kappa shape index (κ1) is 15.2. The molecular weight excluding hydrogens is 234 g/mol. The first-order valence-corrected chi connectivity index (χ1v) is 4.99. The van der Waals surface area contributed by atoms with E-state index in [0.29, 0.717) is 19.3 Å². The lowest BCUT2D eigenvalue weighted by atomic mass is 9.79. The van der Waals surface area contributed by atoms with Gasteiger partial charge in [0.1, 0.15) is 0 Å². The van der Waals surface area contributed by atoms with E-state index in [9.17, 15) is 9.59 Å². The molecule has 5 nitrogen and oxygen atoms in total. The van der Waals surface area contributed by atoms with Gasteiger partial charge in [0.15, 0.2) is 0 Å². The first-order valence-electron chi connectivity index (χ1n) is 4.99. The Morgan fingerprint density at radius 1 is 1.00 bits per heavy atom. The van der Waals surface area contributed by atoms with Crippen LogP contribution in [0.15, 0.2) is 0 Å². The van der Waals surface area contributed by atoms with E-state index in [4.69, 9.17) is 5.73 Å². The van der Waals surface area contributed by atoms with Crippen LogP contribution < -0.4 is 5.73 Å². The Labute approximate surface area is 101 Å². The number of carbonyl (C=O) groups excluding carboxylic acids is 2. The number of halogens is 1. The minimum Gasteiger partial charge on any atom is -0.469 e. The van der Waals surface area contributed by atoms with Crippen LogP contribution in [-0.2, 0) is 19.1 Å². The van der Waals surface area contributed by atoms with Crippen LogP contribution in [0.25, 0.3) is 0 Å². The molecule has 1 saturated carbocycles. The van der Waals surface area contributed by atoms with Crippen molar-refractivity contribution in [2.24, 2.45) is 17.6 Å². The minimum absolute atomic E-state index is 0. The fourth-order valence-corrected chi connectivity index (χ4v) is 2.08. The van der Waals surface area contributed by atoms with Crippen molar-refractivity contribution in [3.8, 4) is 0 Å². The van der Waals surface area contributed by atoms with Gasteiger partial charge in [-0.05, 0) is 19.3 Å². The predicted molar refractivity (Wildman–Crippen MR) is 60.1 cm³/mol. The highest BCUT2D eigenvalue weighted by molar-refractivity contribution is 5.85. The van der Waals surface area contributed by atoms with E-state index in [-0.39, 0.29) is 42.2 Å². The molecule has 0 heterocycles. The number of esters is 2. The SMILES string of the molecule is COC(=O)C1CC(N)CC(C(=O)OC)C1.Cl. The highest BCUT2D eigenvalue weighted by Crippen LogP contribution is 2.29. The molecule has 0 bridgehead atoms. The van der Waals surface area contributed by atoms with Crippen LogP contribution in [-0.4, -0.2) is 32.2 Å². The Kier molecular flexibility index (Phi) is 6.36. The number of hydrogen-bond acceptors (Lipinski definition) is 5. The number of hydrogen-bond donors (Lipinski definition) is 1. The quantitative estimate of drug-likeness (QED) is 0.723. The topological polar surface area (TPSA) is 78.6 Å². The number of carbonyl (C=O) groups is 2. The molecule has 2 N–H and O–H groups in total. The van der Waals surface area contributed by atoms with Gasteiger partial charge in [-0.1, -0.05) is 0 Å². The number of methoxy groups -OCH3 is 2. The highest BCUT2D eigenvalue weighted by Gasteiger charge is 2.35. The fraction of sp³-hybridized carbons (Fsp3) is 0.800. The molecule has 0 aromatic carbocycles. The van der Waals surface area contributed by atoms with Crippen LogP contribution in [0.2, 0.25) is 0 Å². The molecule has 6 heteroatoms. The third-order valence-corrected chi connectivity index (χ3v) is 2.81. The van der Waals surface area contributed by atoms with Crippen LogP contribution in [0.3, 0.4) is 0 Å². The maximum absolute atomic E-state index is 11.3. The summed E-state index contributed by atoms with van der Waals surface area (Å²) in [4.78, 5) is 22.7. The maximum Gasteiger partial charge on any atom is 0.308 e. The van der Waals surface area contributed by atoms with Crippen molar-refractivity contribution >= 4 is 24.3 Å². The predicted octanol–water partition coefficient (Wildman–Crippen LogP) is 0.498. The molecule has 2 atom stereocenters. The van der Waals surface area contributed by atoms with Crippen molar-refractivity contribution in [1.29, 1.82) is 0 Å². The lowest BCUT2D eigenvalue weighted by molar-refractivity contribution is -0.152. The summed E-state index contributed by atoms with van der Waals surface area (Å²) in [5.41, 5.74) is 5.78. The Balaban J connectivity index is 0.00000225. The van der Waals surface area contributed by atoms with Gasteiger partial charge in [0.2, 0.25) is 0 Å². The van der Waals surface area contributed by atoms with Gasteiger partial charge in [-0.15, -0.1) is 12.4 Å². The maximum atomic E-state index is 11.3. The van der Waals surface area contributed by atoms with Gasteiger partial charge in [-0.3, -0.25) is 9.59 Å². The Morgan fingerprint density at radius 2 is 1.38 bits per heavy atom. The second-order valence-corrected chi connectivity index (χ2v) is 3.91. The van der Waals surface area contributed by atoms with E-state index in [0.717, 1.165) is 0 Å². The number of rotatable bonds is 2. The van der Waals surface area contributed by atoms with Crippen molar-refractivity contribution in [2.75, 3.05) is 14.2 Å². The van der Waals surface area contributed by atoms with Crippen molar-refractivity contribution in [3.63, 3.8) is 0 Å². The standard InChI is InChI=1S/C10H17NO4.ClH/c1-14-9(12)6-3-7(10(13)15-2)5-8(11)4-6;/h6-8H,3-5,11H2,1-2H3;1H. The molecule has 2 unspecified atom stereocenters. The van der Waals surface area contributed by atoms with E-state index in [2.05, 4.69) is 9.47 Å². The lowest BCUT2D eigenvalue weighted by Gasteiger charge is -2.29. The van der Waals surface area contributed by atoms with Crippen molar-refractivity contribution < 1.29 is 19.1 Å². The van der Waals surface area contributed by atoms with Gasteiger partial charge in [-0.2, -0.15) is 0 Å². The normalized spacial score (nSPS) is 28.8. The molecule has 0 spiro atoms. The van der Waals surface area contributed by atoms with Gasteiger partial charge >= 0.3 is 11.9 Å². The van der Waals surface area contributed by atoms with Crippen LogP contribution in [0.5, 0.6) is 0 Å². The van der Waals surface area contributed by atoms with Crippen molar-refractivity contribution in [1.82, 2.24) is 0 Å². The second-order valence-electron chi connectivity index (χ2n) is 3.91. The van der Waals surface area contributed by atoms with E-state index in [1.807, 2.05) is 0 Å². The van der Waals surface area contributed by atoms with Crippen LogP contribution in [0, 0.1) is 11.8 Å². The fourth-order valence-electron chi connectivity index (χ4n) is 2.08. The zero-order valence-corrected chi connectivity index (χ0v) is 10.3. The lowest BCUT2D eigenvalue weighted by Crippen LogP contribution is -2.39. The average molecular weight is 252 g/mol. The summed E-state index contributed by atoms with van der Waals surface area (Å²) in [6.07, 6.45) is 1.65. The Morgan fingerprint density at radius 3 is 1.69 bits per heavy atom. The molecule has 1 aliphatic rings. The molecule has 1 aliphatic carbocycles. The van der Waals surface area contributed by atoms with E-state index in [1.165, 1.54) is 14.2 Å². The summed E-state index contributed by atoms with van der Waals surface area (Å²) in [7, 11) is 2.69. The molecule has 0 aromatic rings. The smallest absolute Gasteiger partial charge is 0.308 e. The highest BCUT2D eigenvalue weighted by atomic mass is 35.5. The van der Waals surface area contributed by atoms with Gasteiger partial charge in [0.25, 0.3) is 0 Å². The summed E-state index contributed by atoms with van der Waals surface area (Å²) in [6.45, 7) is 0. The molecule has 0 aliphatic heterocycles. The summed E-state index contributed by atoms with van der Waals surface area (Å²) in [6, 6.07) is -0.132. The summed E-state index contributed by atoms with van der Waals surface area (Å²) in [5.74, 6) is -1.14. The van der Waals surface area contributed by atoms with Gasteiger partial charge in [0, 0.05) is 6.04 Å². The van der Waals surface area contributed by atoms with Gasteiger partial charge in [0.05, 0.1) is 26.1 Å². The van der Waals surface area contributed by atoms with Gasteiger partial charge < -0.3 is 15.2 Å². The summed E-state index contributed by atoms with van der Waals surface area (Å²) < 4.78 is 9.31. The third-order valence-electron chi connectivity index (χ3n) is 2.81. The monoisotopic (exact) mass is 251 g/mol. The third kappa shape index (κ3) is 3.64. The van der Waals surface area contributed by atoms with Crippen molar-refractivity contribution in [2.45, 2.75) is 25.3 Å². The molecular formula is C10H18ClNO4. The molecule has 0 saturated heterocycles.